The molecule has 1 fully saturated rings. The van der Waals surface area contributed by atoms with Gasteiger partial charge in [0.15, 0.2) is 0 Å². The third-order valence-corrected chi connectivity index (χ3v) is 3.59. The minimum atomic E-state index is -0.910. The summed E-state index contributed by atoms with van der Waals surface area (Å²) >= 11 is 0. The van der Waals surface area contributed by atoms with Crippen molar-refractivity contribution in [2.24, 2.45) is 11.8 Å². The minimum Gasteiger partial charge on any atom is -0.466 e. The van der Waals surface area contributed by atoms with E-state index < -0.39 is 11.5 Å². The molecule has 0 amide bonds. The number of hydrogen-bond donors (Lipinski definition) is 2. The fourth-order valence-corrected chi connectivity index (χ4v) is 2.52. The third kappa shape index (κ3) is 2.55. The molecule has 0 saturated carbocycles. The van der Waals surface area contributed by atoms with Crippen molar-refractivity contribution in [2.75, 3.05) is 19.7 Å². The highest BCUT2D eigenvalue weighted by molar-refractivity contribution is 5.74. The highest BCUT2D eigenvalue weighted by Crippen LogP contribution is 2.34. The second-order valence-electron chi connectivity index (χ2n) is 4.56. The molecule has 94 valence electrons. The number of carbonyl (C=O) groups is 1. The van der Waals surface area contributed by atoms with Crippen molar-refractivity contribution in [1.29, 1.82) is 0 Å². The average Bonchev–Trinajstić information content (AvgIpc) is 2.24. The van der Waals surface area contributed by atoms with Crippen LogP contribution in [0, 0.1) is 11.8 Å². The smallest absolute Gasteiger partial charge is 0.311 e. The van der Waals surface area contributed by atoms with Gasteiger partial charge in [-0.25, -0.2) is 0 Å². The summed E-state index contributed by atoms with van der Waals surface area (Å²) < 4.78 is 5.04. The van der Waals surface area contributed by atoms with E-state index >= 15 is 0 Å². The Bertz CT molecular complexity index is 244. The van der Waals surface area contributed by atoms with Crippen LogP contribution in [0.1, 0.15) is 33.6 Å². The number of ether oxygens (including phenoxy) is 1. The molecule has 3 unspecified atom stereocenters. The van der Waals surface area contributed by atoms with Gasteiger partial charge in [-0.2, -0.15) is 0 Å². The van der Waals surface area contributed by atoms with Gasteiger partial charge in [-0.05, 0) is 32.2 Å². The summed E-state index contributed by atoms with van der Waals surface area (Å²) in [6, 6.07) is 0. The number of carbonyl (C=O) groups excluding carboxylic acids is 1. The molecule has 3 atom stereocenters. The first-order valence-corrected chi connectivity index (χ1v) is 6.16. The zero-order chi connectivity index (χ0) is 12.2. The second-order valence-corrected chi connectivity index (χ2v) is 4.56. The summed E-state index contributed by atoms with van der Waals surface area (Å²) in [6.45, 7) is 7.59. The first-order chi connectivity index (χ1) is 7.56. The predicted octanol–water partition coefficient (Wildman–Crippen LogP) is 0.936. The summed E-state index contributed by atoms with van der Waals surface area (Å²) in [4.78, 5) is 11.8. The van der Waals surface area contributed by atoms with Crippen molar-refractivity contribution in [3.05, 3.63) is 0 Å². The Labute approximate surface area is 97.4 Å². The van der Waals surface area contributed by atoms with E-state index in [1.165, 1.54) is 0 Å². The zero-order valence-electron chi connectivity index (χ0n) is 10.5. The zero-order valence-corrected chi connectivity index (χ0v) is 10.5. The molecule has 0 radical (unpaired) electrons. The van der Waals surface area contributed by atoms with Gasteiger partial charge in [0, 0.05) is 6.54 Å². The second kappa shape index (κ2) is 5.64. The Hall–Kier alpha value is -0.610. The molecule has 4 nitrogen and oxygen atoms in total. The van der Waals surface area contributed by atoms with Gasteiger partial charge in [0.1, 0.15) is 0 Å². The van der Waals surface area contributed by atoms with Crippen LogP contribution in [-0.2, 0) is 9.53 Å². The van der Waals surface area contributed by atoms with Gasteiger partial charge < -0.3 is 15.2 Å². The Morgan fingerprint density at radius 1 is 1.62 bits per heavy atom. The first kappa shape index (κ1) is 13.5. The lowest BCUT2D eigenvalue weighted by molar-refractivity contribution is -0.165. The summed E-state index contributed by atoms with van der Waals surface area (Å²) in [5.41, 5.74) is -0.910. The van der Waals surface area contributed by atoms with Gasteiger partial charge in [0.05, 0.1) is 18.1 Å². The molecule has 0 bridgehead atoms. The minimum absolute atomic E-state index is 0.0793. The lowest BCUT2D eigenvalue weighted by atomic mass is 9.72. The van der Waals surface area contributed by atoms with E-state index in [-0.39, 0.29) is 11.9 Å². The number of aliphatic hydroxyl groups is 1. The van der Waals surface area contributed by atoms with E-state index in [9.17, 15) is 9.90 Å². The van der Waals surface area contributed by atoms with Gasteiger partial charge in [-0.1, -0.05) is 13.8 Å². The van der Waals surface area contributed by atoms with Crippen molar-refractivity contribution in [1.82, 2.24) is 5.32 Å². The normalized spacial score (nSPS) is 32.1. The summed E-state index contributed by atoms with van der Waals surface area (Å²) in [5.74, 6) is -0.582. The summed E-state index contributed by atoms with van der Waals surface area (Å²) in [5, 5.41) is 13.9. The van der Waals surface area contributed by atoms with Crippen LogP contribution in [0.2, 0.25) is 0 Å². The molecule has 16 heavy (non-hydrogen) atoms. The van der Waals surface area contributed by atoms with Gasteiger partial charge in [0.25, 0.3) is 0 Å². The molecule has 1 saturated heterocycles. The monoisotopic (exact) mass is 229 g/mol. The van der Waals surface area contributed by atoms with Crippen molar-refractivity contribution in [2.45, 2.75) is 39.2 Å². The topological polar surface area (TPSA) is 58.6 Å². The molecule has 0 aromatic heterocycles. The molecule has 0 aromatic carbocycles. The fraction of sp³-hybridized carbons (Fsp3) is 0.917. The van der Waals surface area contributed by atoms with Crippen LogP contribution in [-0.4, -0.2) is 36.4 Å². The number of esters is 1. The molecule has 1 rings (SSSR count). The van der Waals surface area contributed by atoms with Crippen LogP contribution in [0.15, 0.2) is 0 Å². The van der Waals surface area contributed by atoms with Crippen LogP contribution in [0.4, 0.5) is 0 Å². The highest BCUT2D eigenvalue weighted by atomic mass is 16.5. The number of hydrogen-bond acceptors (Lipinski definition) is 4. The average molecular weight is 229 g/mol. The fourth-order valence-electron chi connectivity index (χ4n) is 2.52. The lowest BCUT2D eigenvalue weighted by Gasteiger charge is -2.42. The maximum atomic E-state index is 11.8. The van der Waals surface area contributed by atoms with Gasteiger partial charge in [0.2, 0.25) is 0 Å². The van der Waals surface area contributed by atoms with Crippen molar-refractivity contribution in [3.63, 3.8) is 0 Å². The van der Waals surface area contributed by atoms with Crippen molar-refractivity contribution < 1.29 is 14.6 Å². The molecule has 0 aliphatic carbocycles. The Morgan fingerprint density at radius 2 is 2.31 bits per heavy atom. The molecule has 0 spiro atoms. The molecular formula is C12H23NO3. The summed E-state index contributed by atoms with van der Waals surface area (Å²) in [6.07, 6.45) is 1.24. The lowest BCUT2D eigenvalue weighted by Crippen LogP contribution is -2.55. The maximum absolute atomic E-state index is 11.8. The number of rotatable bonds is 4. The van der Waals surface area contributed by atoms with E-state index in [1.54, 1.807) is 6.92 Å². The van der Waals surface area contributed by atoms with Gasteiger partial charge >= 0.3 is 5.97 Å². The molecule has 1 aliphatic rings. The van der Waals surface area contributed by atoms with Gasteiger partial charge in [-0.15, -0.1) is 0 Å². The van der Waals surface area contributed by atoms with E-state index in [1.807, 2.05) is 13.8 Å². The van der Waals surface area contributed by atoms with Crippen LogP contribution in [0.3, 0.4) is 0 Å². The SMILES string of the molecule is CCOC(=O)C(CC)C1(O)CCNCC1C. The van der Waals surface area contributed by atoms with E-state index in [2.05, 4.69) is 5.32 Å². The first-order valence-electron chi connectivity index (χ1n) is 6.16. The maximum Gasteiger partial charge on any atom is 0.311 e. The molecule has 2 N–H and O–H groups in total. The molecular weight excluding hydrogens is 206 g/mol. The largest absolute Gasteiger partial charge is 0.466 e. The van der Waals surface area contributed by atoms with E-state index in [0.29, 0.717) is 19.4 Å². The van der Waals surface area contributed by atoms with Crippen LogP contribution in [0.25, 0.3) is 0 Å². The molecule has 4 heteroatoms. The number of nitrogens with one attached hydrogen (secondary N) is 1. The van der Waals surface area contributed by atoms with Gasteiger partial charge in [-0.3, -0.25) is 4.79 Å². The number of piperidine rings is 1. The van der Waals surface area contributed by atoms with Crippen LogP contribution in [0.5, 0.6) is 0 Å². The predicted molar refractivity (Wildman–Crippen MR) is 62.0 cm³/mol. The third-order valence-electron chi connectivity index (χ3n) is 3.59. The van der Waals surface area contributed by atoms with Crippen molar-refractivity contribution >= 4 is 5.97 Å². The van der Waals surface area contributed by atoms with Crippen LogP contribution < -0.4 is 5.32 Å². The Balaban J connectivity index is 2.79. The quantitative estimate of drug-likeness (QED) is 0.704. The van der Waals surface area contributed by atoms with Crippen LogP contribution >= 0.6 is 0 Å². The van der Waals surface area contributed by atoms with E-state index in [0.717, 1.165) is 13.1 Å². The Morgan fingerprint density at radius 3 is 2.81 bits per heavy atom. The van der Waals surface area contributed by atoms with Crippen molar-refractivity contribution in [3.8, 4) is 0 Å². The molecule has 0 aromatic rings. The highest BCUT2D eigenvalue weighted by Gasteiger charge is 2.46. The molecule has 1 heterocycles. The molecule has 1 aliphatic heterocycles. The Kier molecular flexibility index (Phi) is 4.74. The summed E-state index contributed by atoms with van der Waals surface area (Å²) in [7, 11) is 0. The standard InChI is InChI=1S/C12H23NO3/c1-4-10(11(14)16-5-2)12(15)6-7-13-8-9(12)3/h9-10,13,15H,4-8H2,1-3H3. The van der Waals surface area contributed by atoms with E-state index in [4.69, 9.17) is 4.74 Å².